The molecule has 1 aliphatic rings. The molecule has 4 nitrogen and oxygen atoms in total. The molecule has 2 rings (SSSR count). The van der Waals surface area contributed by atoms with Crippen LogP contribution in [0.15, 0.2) is 6.07 Å². The number of nitrogens with one attached hydrogen (secondary N) is 2. The SMILES string of the molecule is Cc1cc(C(=O)NCCC2CCCNC2)c(C)n1C(C)C. The third kappa shape index (κ3) is 3.88. The number of amides is 1. The lowest BCUT2D eigenvalue weighted by Crippen LogP contribution is -2.33. The summed E-state index contributed by atoms with van der Waals surface area (Å²) in [7, 11) is 0. The summed E-state index contributed by atoms with van der Waals surface area (Å²) in [6.45, 7) is 11.4. The quantitative estimate of drug-likeness (QED) is 0.876. The second-order valence-electron chi connectivity index (χ2n) is 6.51. The molecule has 0 aliphatic carbocycles. The fraction of sp³-hybridized carbons (Fsp3) is 0.706. The smallest absolute Gasteiger partial charge is 0.253 e. The first-order valence-electron chi connectivity index (χ1n) is 8.18. The minimum absolute atomic E-state index is 0.0683. The molecule has 0 saturated carbocycles. The van der Waals surface area contributed by atoms with Gasteiger partial charge in [-0.15, -0.1) is 0 Å². The summed E-state index contributed by atoms with van der Waals surface area (Å²) in [5.74, 6) is 0.779. The molecule has 1 aromatic rings. The van der Waals surface area contributed by atoms with E-state index in [9.17, 15) is 4.79 Å². The van der Waals surface area contributed by atoms with Gasteiger partial charge in [0.05, 0.1) is 5.56 Å². The Labute approximate surface area is 128 Å². The van der Waals surface area contributed by atoms with Gasteiger partial charge < -0.3 is 15.2 Å². The molecule has 0 aromatic carbocycles. The predicted molar refractivity (Wildman–Crippen MR) is 86.8 cm³/mol. The maximum absolute atomic E-state index is 12.4. The standard InChI is InChI=1S/C17H29N3O/c1-12(2)20-13(3)10-16(14(20)4)17(21)19-9-7-15-6-5-8-18-11-15/h10,12,15,18H,5-9,11H2,1-4H3,(H,19,21). The van der Waals surface area contributed by atoms with E-state index in [1.807, 2.05) is 13.0 Å². The number of hydrogen-bond donors (Lipinski definition) is 2. The van der Waals surface area contributed by atoms with Crippen molar-refractivity contribution in [3.05, 3.63) is 23.0 Å². The molecule has 2 heterocycles. The van der Waals surface area contributed by atoms with Gasteiger partial charge in [0.2, 0.25) is 0 Å². The largest absolute Gasteiger partial charge is 0.352 e. The summed E-state index contributed by atoms with van der Waals surface area (Å²) in [4.78, 5) is 12.4. The van der Waals surface area contributed by atoms with Gasteiger partial charge in [-0.05, 0) is 72.0 Å². The molecule has 4 heteroatoms. The molecule has 0 spiro atoms. The average Bonchev–Trinajstić information content (AvgIpc) is 2.75. The van der Waals surface area contributed by atoms with E-state index >= 15 is 0 Å². The van der Waals surface area contributed by atoms with Gasteiger partial charge in [0, 0.05) is 24.0 Å². The predicted octanol–water partition coefficient (Wildman–Crippen LogP) is 2.81. The van der Waals surface area contributed by atoms with Gasteiger partial charge in [-0.25, -0.2) is 0 Å². The van der Waals surface area contributed by atoms with Gasteiger partial charge >= 0.3 is 0 Å². The van der Waals surface area contributed by atoms with E-state index in [2.05, 4.69) is 36.0 Å². The lowest BCUT2D eigenvalue weighted by molar-refractivity contribution is 0.0950. The Morgan fingerprint density at radius 1 is 1.48 bits per heavy atom. The summed E-state index contributed by atoms with van der Waals surface area (Å²) in [5, 5.41) is 6.51. The molecule has 1 saturated heterocycles. The highest BCUT2D eigenvalue weighted by Gasteiger charge is 2.18. The van der Waals surface area contributed by atoms with Crippen molar-refractivity contribution in [1.29, 1.82) is 0 Å². The Balaban J connectivity index is 1.90. The average molecular weight is 291 g/mol. The van der Waals surface area contributed by atoms with Gasteiger partial charge in [-0.1, -0.05) is 0 Å². The normalized spacial score (nSPS) is 19.0. The van der Waals surface area contributed by atoms with Crippen LogP contribution in [0.2, 0.25) is 0 Å². The number of carbonyl (C=O) groups is 1. The monoisotopic (exact) mass is 291 g/mol. The molecule has 1 aromatic heterocycles. The van der Waals surface area contributed by atoms with Crippen LogP contribution in [-0.4, -0.2) is 30.1 Å². The maximum atomic E-state index is 12.4. The molecule has 1 unspecified atom stereocenters. The maximum Gasteiger partial charge on any atom is 0.253 e. The van der Waals surface area contributed by atoms with Crippen molar-refractivity contribution in [1.82, 2.24) is 15.2 Å². The van der Waals surface area contributed by atoms with Gasteiger partial charge in [-0.2, -0.15) is 0 Å². The Morgan fingerprint density at radius 2 is 2.24 bits per heavy atom. The van der Waals surface area contributed by atoms with E-state index in [1.165, 1.54) is 12.8 Å². The topological polar surface area (TPSA) is 46.1 Å². The first-order valence-corrected chi connectivity index (χ1v) is 8.18. The lowest BCUT2D eigenvalue weighted by Gasteiger charge is -2.22. The van der Waals surface area contributed by atoms with E-state index in [0.29, 0.717) is 12.0 Å². The molecule has 1 fully saturated rings. The number of aromatic nitrogens is 1. The van der Waals surface area contributed by atoms with Gasteiger partial charge in [-0.3, -0.25) is 4.79 Å². The van der Waals surface area contributed by atoms with Crippen molar-refractivity contribution < 1.29 is 4.79 Å². The van der Waals surface area contributed by atoms with Crippen molar-refractivity contribution >= 4 is 5.91 Å². The number of piperidine rings is 1. The zero-order valence-electron chi connectivity index (χ0n) is 13.8. The summed E-state index contributed by atoms with van der Waals surface area (Å²) >= 11 is 0. The fourth-order valence-electron chi connectivity index (χ4n) is 3.46. The number of aryl methyl sites for hydroxylation is 1. The second kappa shape index (κ2) is 7.12. The Kier molecular flexibility index (Phi) is 5.45. The molecule has 0 radical (unpaired) electrons. The first-order chi connectivity index (χ1) is 10.0. The fourth-order valence-corrected chi connectivity index (χ4v) is 3.46. The molecule has 2 N–H and O–H groups in total. The number of nitrogens with zero attached hydrogens (tertiary/aromatic N) is 1. The zero-order valence-corrected chi connectivity index (χ0v) is 13.8. The van der Waals surface area contributed by atoms with E-state index in [4.69, 9.17) is 0 Å². The lowest BCUT2D eigenvalue weighted by atomic mass is 9.96. The number of carbonyl (C=O) groups excluding carboxylic acids is 1. The van der Waals surface area contributed by atoms with Gasteiger partial charge in [0.15, 0.2) is 0 Å². The van der Waals surface area contributed by atoms with Gasteiger partial charge in [0.25, 0.3) is 5.91 Å². The Hall–Kier alpha value is -1.29. The first kappa shape index (κ1) is 16.1. The minimum atomic E-state index is 0.0683. The van der Waals surface area contributed by atoms with Crippen LogP contribution in [0.3, 0.4) is 0 Å². The third-order valence-electron chi connectivity index (χ3n) is 4.48. The van der Waals surface area contributed by atoms with Crippen LogP contribution in [0.1, 0.15) is 60.9 Å². The number of rotatable bonds is 5. The highest BCUT2D eigenvalue weighted by Crippen LogP contribution is 2.20. The summed E-state index contributed by atoms with van der Waals surface area (Å²) in [5.41, 5.74) is 3.05. The molecule has 1 atom stereocenters. The van der Waals surface area contributed by atoms with E-state index in [1.54, 1.807) is 0 Å². The third-order valence-corrected chi connectivity index (χ3v) is 4.48. The van der Waals surface area contributed by atoms with Gasteiger partial charge in [0.1, 0.15) is 0 Å². The van der Waals surface area contributed by atoms with Crippen molar-refractivity contribution in [3.63, 3.8) is 0 Å². The molecular weight excluding hydrogens is 262 g/mol. The van der Waals surface area contributed by atoms with Crippen LogP contribution < -0.4 is 10.6 Å². The molecule has 21 heavy (non-hydrogen) atoms. The molecule has 0 bridgehead atoms. The van der Waals surface area contributed by atoms with Crippen molar-refractivity contribution in [2.24, 2.45) is 5.92 Å². The van der Waals surface area contributed by atoms with E-state index < -0.39 is 0 Å². The van der Waals surface area contributed by atoms with Crippen LogP contribution in [0.25, 0.3) is 0 Å². The highest BCUT2D eigenvalue weighted by atomic mass is 16.1. The van der Waals surface area contributed by atoms with Crippen molar-refractivity contribution in [3.8, 4) is 0 Å². The van der Waals surface area contributed by atoms with Crippen LogP contribution >= 0.6 is 0 Å². The molecule has 1 aliphatic heterocycles. The van der Waals surface area contributed by atoms with Crippen LogP contribution in [0, 0.1) is 19.8 Å². The summed E-state index contributed by atoms with van der Waals surface area (Å²) in [6.07, 6.45) is 3.61. The van der Waals surface area contributed by atoms with E-state index in [-0.39, 0.29) is 5.91 Å². The Bertz CT molecular complexity index is 484. The summed E-state index contributed by atoms with van der Waals surface area (Å²) < 4.78 is 2.22. The summed E-state index contributed by atoms with van der Waals surface area (Å²) in [6, 6.07) is 2.40. The zero-order chi connectivity index (χ0) is 15.4. The number of hydrogen-bond acceptors (Lipinski definition) is 2. The molecule has 118 valence electrons. The van der Waals surface area contributed by atoms with E-state index in [0.717, 1.165) is 43.0 Å². The van der Waals surface area contributed by atoms with Crippen LogP contribution in [-0.2, 0) is 0 Å². The van der Waals surface area contributed by atoms with Crippen molar-refractivity contribution in [2.45, 2.75) is 53.0 Å². The second-order valence-corrected chi connectivity index (χ2v) is 6.51. The van der Waals surface area contributed by atoms with Crippen LogP contribution in [0.4, 0.5) is 0 Å². The van der Waals surface area contributed by atoms with Crippen molar-refractivity contribution in [2.75, 3.05) is 19.6 Å². The minimum Gasteiger partial charge on any atom is -0.352 e. The van der Waals surface area contributed by atoms with Crippen LogP contribution in [0.5, 0.6) is 0 Å². The highest BCUT2D eigenvalue weighted by molar-refractivity contribution is 5.95. The molecular formula is C17H29N3O. The Morgan fingerprint density at radius 3 is 2.81 bits per heavy atom. The molecule has 1 amide bonds.